The minimum atomic E-state index is -4.57. The van der Waals surface area contributed by atoms with Crippen molar-refractivity contribution >= 4 is 45.6 Å². The van der Waals surface area contributed by atoms with Crippen LogP contribution in [0, 0.1) is 11.3 Å². The maximum absolute atomic E-state index is 13.0. The molecule has 0 radical (unpaired) electrons. The lowest BCUT2D eigenvalue weighted by molar-refractivity contribution is -0.141. The van der Waals surface area contributed by atoms with Gasteiger partial charge in [-0.2, -0.15) is 33.4 Å². The van der Waals surface area contributed by atoms with Gasteiger partial charge in [0.1, 0.15) is 30.6 Å². The zero-order chi connectivity index (χ0) is 30.0. The quantitative estimate of drug-likeness (QED) is 0.390. The van der Waals surface area contributed by atoms with Crippen LogP contribution in [0.25, 0.3) is 0 Å². The molecule has 7 rings (SSSR count). The number of halogens is 4. The highest BCUT2D eigenvalue weighted by atomic mass is 35.5. The Hall–Kier alpha value is -3.13. The Labute approximate surface area is 257 Å². The highest BCUT2D eigenvalue weighted by molar-refractivity contribution is 8.00. The van der Waals surface area contributed by atoms with E-state index in [9.17, 15) is 18.4 Å². The molecule has 1 spiro atoms. The van der Waals surface area contributed by atoms with Crippen molar-refractivity contribution in [3.05, 3.63) is 39.4 Å². The second-order valence-corrected chi connectivity index (χ2v) is 14.0. The molecular weight excluding hydrogens is 627 g/mol. The fourth-order valence-electron chi connectivity index (χ4n) is 6.70. The predicted molar refractivity (Wildman–Crippen MR) is 153 cm³/mol. The largest absolute Gasteiger partial charge is 0.476 e. The topological polar surface area (TPSA) is 139 Å². The number of alkyl halides is 3. The van der Waals surface area contributed by atoms with Crippen molar-refractivity contribution in [2.45, 2.75) is 53.9 Å². The van der Waals surface area contributed by atoms with Gasteiger partial charge < -0.3 is 20.1 Å². The molecule has 3 aromatic heterocycles. The van der Waals surface area contributed by atoms with Gasteiger partial charge in [-0.15, -0.1) is 23.1 Å². The number of nitrogens with two attached hydrogens (primary N) is 1. The summed E-state index contributed by atoms with van der Waals surface area (Å²) in [6.07, 6.45) is -0.202. The molecule has 2 atom stereocenters. The monoisotopic (exact) mass is 651 g/mol. The van der Waals surface area contributed by atoms with E-state index in [1.165, 1.54) is 11.3 Å². The lowest BCUT2D eigenvalue weighted by Crippen LogP contribution is -2.57. The van der Waals surface area contributed by atoms with E-state index in [1.807, 2.05) is 4.90 Å². The van der Waals surface area contributed by atoms with Gasteiger partial charge in [0.05, 0.1) is 15.8 Å². The van der Waals surface area contributed by atoms with E-state index < -0.39 is 11.9 Å². The number of aromatic nitrogens is 5. The van der Waals surface area contributed by atoms with Gasteiger partial charge in [-0.05, 0) is 43.8 Å². The molecule has 2 N–H and O–H groups in total. The highest BCUT2D eigenvalue weighted by Crippen LogP contribution is 2.57. The van der Waals surface area contributed by atoms with Crippen LogP contribution in [-0.2, 0) is 16.7 Å². The Balaban J connectivity index is 1.000. The lowest BCUT2D eigenvalue weighted by Gasteiger charge is -2.47. The summed E-state index contributed by atoms with van der Waals surface area (Å²) in [6.45, 7) is 2.60. The minimum Gasteiger partial charge on any atom is -0.476 e. The summed E-state index contributed by atoms with van der Waals surface area (Å²) in [5, 5.41) is 10.3. The number of nitrogen functional groups attached to an aromatic ring is 1. The average molecular weight is 652 g/mol. The molecule has 0 bridgehead atoms. The van der Waals surface area contributed by atoms with Crippen molar-refractivity contribution in [2.24, 2.45) is 0 Å². The van der Waals surface area contributed by atoms with E-state index in [0.717, 1.165) is 60.8 Å². The van der Waals surface area contributed by atoms with Crippen molar-refractivity contribution in [3.63, 3.8) is 0 Å². The van der Waals surface area contributed by atoms with Crippen LogP contribution in [0.3, 0.4) is 0 Å². The third-order valence-corrected chi connectivity index (χ3v) is 11.5. The van der Waals surface area contributed by atoms with Gasteiger partial charge in [0.25, 0.3) is 0 Å². The average Bonchev–Trinajstić information content (AvgIpc) is 3.69. The second-order valence-electron chi connectivity index (χ2n) is 11.1. The summed E-state index contributed by atoms with van der Waals surface area (Å²) in [5.74, 6) is 1.14. The number of fused-ring (bicyclic) bond motifs is 3. The molecule has 4 aliphatic rings. The van der Waals surface area contributed by atoms with Crippen LogP contribution >= 0.6 is 34.7 Å². The number of anilines is 2. The number of rotatable bonds is 7. The maximum Gasteiger partial charge on any atom is 0.433 e. The molecule has 3 aromatic rings. The molecule has 226 valence electrons. The number of ether oxygens (including phenoxy) is 2. The lowest BCUT2D eigenvalue weighted by atomic mass is 9.88. The van der Waals surface area contributed by atoms with Gasteiger partial charge >= 0.3 is 12.2 Å². The third-order valence-electron chi connectivity index (χ3n) is 8.67. The zero-order valence-corrected chi connectivity index (χ0v) is 25.0. The molecular formula is C26H25ClF3N9O2S2. The van der Waals surface area contributed by atoms with Crippen LogP contribution < -0.4 is 20.1 Å². The summed E-state index contributed by atoms with van der Waals surface area (Å²) >= 11 is 9.58. The fraction of sp³-hybridized carbons (Fsp3) is 0.538. The van der Waals surface area contributed by atoms with Gasteiger partial charge in [-0.3, -0.25) is 4.90 Å². The third kappa shape index (κ3) is 4.99. The van der Waals surface area contributed by atoms with Crippen molar-refractivity contribution < 1.29 is 22.6 Å². The van der Waals surface area contributed by atoms with E-state index >= 15 is 0 Å². The van der Waals surface area contributed by atoms with Crippen LogP contribution in [-0.4, -0.2) is 74.2 Å². The Kier molecular flexibility index (Phi) is 6.99. The molecule has 0 unspecified atom stereocenters. The first-order valence-corrected chi connectivity index (χ1v) is 15.8. The number of hydrogen-bond donors (Lipinski definition) is 1. The molecule has 3 saturated heterocycles. The molecule has 11 nitrogen and oxygen atoms in total. The summed E-state index contributed by atoms with van der Waals surface area (Å²) in [7, 11) is 0. The van der Waals surface area contributed by atoms with Crippen molar-refractivity contribution in [3.8, 4) is 18.0 Å². The Morgan fingerprint density at radius 3 is 2.81 bits per heavy atom. The summed E-state index contributed by atoms with van der Waals surface area (Å²) in [4.78, 5) is 25.7. The first kappa shape index (κ1) is 28.6. The number of hydrogen-bond acceptors (Lipinski definition) is 13. The standard InChI is InChI=1S/C26H25ClF3N9O2S2/c27-21-35-22(38-10-25(11-38)19-15(7-31)20(32)43-16(19)9-42-25)37-23(36-21)41-12-24-3-1-5-39(24)14(2-4-24)8-40-18-6-17(26(28,29)30)33-13-34-18/h6,13-14H,1-5,8-12,32H2/t14-,24+/m0/s1. The van der Waals surface area contributed by atoms with Gasteiger partial charge in [0, 0.05) is 41.4 Å². The van der Waals surface area contributed by atoms with Crippen LogP contribution in [0.5, 0.6) is 11.9 Å². The number of thiophene rings is 1. The minimum absolute atomic E-state index is 0.00318. The van der Waals surface area contributed by atoms with E-state index in [2.05, 4.69) is 35.9 Å². The molecule has 0 aromatic carbocycles. The SMILES string of the molecule is N#Cc1c(N)sc2c1C1(CN(c3nc(Cl)nc(OC[C@]45CCCN4[C@H](COc4cc(C(F)(F)F)ncn4)CC5)n3)C1)SC2. The smallest absolute Gasteiger partial charge is 0.433 e. The van der Waals surface area contributed by atoms with Crippen molar-refractivity contribution in [2.75, 3.05) is 43.5 Å². The molecule has 4 aliphatic heterocycles. The molecule has 7 heterocycles. The van der Waals surface area contributed by atoms with Gasteiger partial charge in [0.15, 0.2) is 5.69 Å². The van der Waals surface area contributed by atoms with E-state index in [1.54, 1.807) is 11.8 Å². The van der Waals surface area contributed by atoms with Gasteiger partial charge in [-0.25, -0.2) is 9.97 Å². The molecule has 17 heteroatoms. The highest BCUT2D eigenvalue weighted by Gasteiger charge is 2.53. The zero-order valence-electron chi connectivity index (χ0n) is 22.6. The van der Waals surface area contributed by atoms with E-state index in [4.69, 9.17) is 26.8 Å². The second kappa shape index (κ2) is 10.5. The number of nitrogens with zero attached hydrogens (tertiary/aromatic N) is 8. The molecule has 3 fully saturated rings. The maximum atomic E-state index is 13.0. The van der Waals surface area contributed by atoms with Crippen molar-refractivity contribution in [1.29, 1.82) is 5.26 Å². The van der Waals surface area contributed by atoms with Crippen LogP contribution in [0.1, 0.15) is 47.4 Å². The number of nitriles is 1. The van der Waals surface area contributed by atoms with E-state index in [-0.39, 0.29) is 40.1 Å². The Morgan fingerprint density at radius 1 is 1.19 bits per heavy atom. The van der Waals surface area contributed by atoms with Crippen molar-refractivity contribution in [1.82, 2.24) is 29.8 Å². The molecule has 0 amide bonds. The fourth-order valence-corrected chi connectivity index (χ4v) is 9.66. The predicted octanol–water partition coefficient (Wildman–Crippen LogP) is 4.27. The molecule has 43 heavy (non-hydrogen) atoms. The summed E-state index contributed by atoms with van der Waals surface area (Å²) in [6, 6.07) is 3.23. The summed E-state index contributed by atoms with van der Waals surface area (Å²) < 4.78 is 50.7. The number of thioether (sulfide) groups is 1. The Morgan fingerprint density at radius 2 is 2.02 bits per heavy atom. The van der Waals surface area contributed by atoms with Crippen LogP contribution in [0.2, 0.25) is 5.28 Å². The molecule has 0 saturated carbocycles. The normalized spacial score (nSPS) is 24.1. The first-order valence-electron chi connectivity index (χ1n) is 13.6. The first-order chi connectivity index (χ1) is 20.6. The Bertz CT molecular complexity index is 1610. The molecule has 0 aliphatic carbocycles. The van der Waals surface area contributed by atoms with Crippen LogP contribution in [0.4, 0.5) is 24.1 Å². The van der Waals surface area contributed by atoms with Gasteiger partial charge in [0.2, 0.25) is 17.1 Å². The summed E-state index contributed by atoms with van der Waals surface area (Å²) in [5.41, 5.74) is 6.41. The van der Waals surface area contributed by atoms with E-state index in [0.29, 0.717) is 36.2 Å². The van der Waals surface area contributed by atoms with Crippen LogP contribution in [0.15, 0.2) is 12.4 Å². The van der Waals surface area contributed by atoms with Gasteiger partial charge in [-0.1, -0.05) is 0 Å².